The maximum absolute atomic E-state index is 9.24. The number of nitriles is 2. The summed E-state index contributed by atoms with van der Waals surface area (Å²) < 4.78 is 13.2. The lowest BCUT2D eigenvalue weighted by molar-refractivity contribution is 0.254. The fraction of sp³-hybridized carbons (Fsp3) is 0.353. The molecule has 2 heterocycles. The van der Waals surface area contributed by atoms with Crippen molar-refractivity contribution in [2.24, 2.45) is 0 Å². The second kappa shape index (κ2) is 6.02. The third kappa shape index (κ3) is 2.72. The minimum Gasteiger partial charge on any atom is -0.494 e. The smallest absolute Gasteiger partial charge is 0.176 e. The van der Waals surface area contributed by atoms with Crippen molar-refractivity contribution < 1.29 is 9.47 Å². The molecule has 1 aliphatic heterocycles. The van der Waals surface area contributed by atoms with Gasteiger partial charge in [0.1, 0.15) is 29.7 Å². The Kier molecular flexibility index (Phi) is 3.91. The van der Waals surface area contributed by atoms with Crippen molar-refractivity contribution in [1.29, 1.82) is 10.5 Å². The van der Waals surface area contributed by atoms with Crippen LogP contribution in [0.2, 0.25) is 0 Å². The lowest BCUT2D eigenvalue weighted by Gasteiger charge is -2.13. The first-order chi connectivity index (χ1) is 11.2. The van der Waals surface area contributed by atoms with Crippen LogP contribution < -0.4 is 9.47 Å². The number of imidazole rings is 1. The monoisotopic (exact) mass is 308 g/mol. The van der Waals surface area contributed by atoms with E-state index in [1.807, 2.05) is 38.1 Å². The van der Waals surface area contributed by atoms with Crippen LogP contribution in [-0.4, -0.2) is 22.3 Å². The van der Waals surface area contributed by atoms with Crippen molar-refractivity contribution in [1.82, 2.24) is 9.55 Å². The van der Waals surface area contributed by atoms with Crippen molar-refractivity contribution >= 4 is 0 Å². The molecule has 2 aromatic rings. The number of benzene rings is 1. The molecular formula is C17H16N4O2. The average molecular weight is 308 g/mol. The fourth-order valence-corrected chi connectivity index (χ4v) is 2.78. The predicted molar refractivity (Wildman–Crippen MR) is 82.2 cm³/mol. The van der Waals surface area contributed by atoms with Crippen molar-refractivity contribution in [3.63, 3.8) is 0 Å². The zero-order valence-corrected chi connectivity index (χ0v) is 13.0. The molecule has 0 fully saturated rings. The summed E-state index contributed by atoms with van der Waals surface area (Å²) in [5.74, 6) is 1.63. The van der Waals surface area contributed by atoms with Gasteiger partial charge in [-0.3, -0.25) is 0 Å². The molecule has 1 aliphatic rings. The van der Waals surface area contributed by atoms with Crippen LogP contribution in [0, 0.1) is 22.7 Å². The first-order valence-electron chi connectivity index (χ1n) is 7.46. The van der Waals surface area contributed by atoms with Crippen molar-refractivity contribution in [2.75, 3.05) is 6.61 Å². The van der Waals surface area contributed by atoms with E-state index in [0.717, 1.165) is 29.0 Å². The molecule has 6 nitrogen and oxygen atoms in total. The first-order valence-corrected chi connectivity index (χ1v) is 7.46. The Morgan fingerprint density at radius 1 is 1.39 bits per heavy atom. The van der Waals surface area contributed by atoms with E-state index in [1.54, 1.807) is 4.57 Å². The third-order valence-electron chi connectivity index (χ3n) is 3.77. The molecule has 1 aromatic carbocycles. The summed E-state index contributed by atoms with van der Waals surface area (Å²) in [5.41, 5.74) is 2.42. The fourth-order valence-electron chi connectivity index (χ4n) is 2.78. The van der Waals surface area contributed by atoms with E-state index < -0.39 is 0 Å². The molecule has 0 radical (unpaired) electrons. The predicted octanol–water partition coefficient (Wildman–Crippen LogP) is 2.40. The van der Waals surface area contributed by atoms with Gasteiger partial charge in [0.15, 0.2) is 11.4 Å². The number of ether oxygens (including phenoxy) is 2. The van der Waals surface area contributed by atoms with Crippen LogP contribution >= 0.6 is 0 Å². The van der Waals surface area contributed by atoms with Crippen LogP contribution in [0.5, 0.6) is 11.5 Å². The van der Waals surface area contributed by atoms with Gasteiger partial charge < -0.3 is 14.0 Å². The highest BCUT2D eigenvalue weighted by Crippen LogP contribution is 2.35. The second-order valence-electron chi connectivity index (χ2n) is 5.43. The maximum atomic E-state index is 9.24. The summed E-state index contributed by atoms with van der Waals surface area (Å²) in [7, 11) is 0. The topological polar surface area (TPSA) is 83.9 Å². The highest BCUT2D eigenvalue weighted by Gasteiger charge is 2.22. The molecule has 0 unspecified atom stereocenters. The van der Waals surface area contributed by atoms with E-state index in [1.165, 1.54) is 6.33 Å². The molecule has 116 valence electrons. The van der Waals surface area contributed by atoms with Crippen molar-refractivity contribution in [3.8, 4) is 23.6 Å². The van der Waals surface area contributed by atoms with Gasteiger partial charge in [-0.05, 0) is 26.0 Å². The molecule has 0 saturated carbocycles. The molecule has 6 heteroatoms. The van der Waals surface area contributed by atoms with Crippen molar-refractivity contribution in [2.45, 2.75) is 32.9 Å². The van der Waals surface area contributed by atoms with Crippen LogP contribution in [0.1, 0.15) is 36.4 Å². The average Bonchev–Trinajstić information content (AvgIpc) is 3.09. The lowest BCUT2D eigenvalue weighted by Crippen LogP contribution is -2.06. The molecule has 0 bridgehead atoms. The van der Waals surface area contributed by atoms with Gasteiger partial charge in [-0.2, -0.15) is 10.5 Å². The first kappa shape index (κ1) is 14.9. The SMILES string of the molecule is CCOc1cc2c(cc1Cn1cnc(C#N)c1C#N)O[C@H](C)C2. The summed E-state index contributed by atoms with van der Waals surface area (Å²) in [5, 5.41) is 18.2. The van der Waals surface area contributed by atoms with E-state index in [4.69, 9.17) is 14.7 Å². The number of aromatic nitrogens is 2. The molecule has 3 rings (SSSR count). The van der Waals surface area contributed by atoms with Gasteiger partial charge >= 0.3 is 0 Å². The number of hydrogen-bond donors (Lipinski definition) is 0. The molecule has 0 amide bonds. The number of hydrogen-bond acceptors (Lipinski definition) is 5. The van der Waals surface area contributed by atoms with E-state index in [9.17, 15) is 5.26 Å². The maximum Gasteiger partial charge on any atom is 0.176 e. The Hall–Kier alpha value is -2.99. The highest BCUT2D eigenvalue weighted by molar-refractivity contribution is 5.49. The van der Waals surface area contributed by atoms with Gasteiger partial charge in [0, 0.05) is 17.5 Å². The van der Waals surface area contributed by atoms with Crippen LogP contribution in [0.4, 0.5) is 0 Å². The van der Waals surface area contributed by atoms with Gasteiger partial charge in [0.05, 0.1) is 19.5 Å². The summed E-state index contributed by atoms with van der Waals surface area (Å²) in [4.78, 5) is 3.97. The zero-order chi connectivity index (χ0) is 16.4. The molecule has 0 saturated heterocycles. The van der Waals surface area contributed by atoms with Gasteiger partial charge in [-0.25, -0.2) is 4.98 Å². The molecule has 0 aliphatic carbocycles. The molecule has 0 spiro atoms. The van der Waals surface area contributed by atoms with Crippen LogP contribution in [0.15, 0.2) is 18.5 Å². The largest absolute Gasteiger partial charge is 0.494 e. The van der Waals surface area contributed by atoms with Gasteiger partial charge in [0.25, 0.3) is 0 Å². The molecule has 0 N–H and O–H groups in total. The number of nitrogens with zero attached hydrogens (tertiary/aromatic N) is 4. The summed E-state index contributed by atoms with van der Waals surface area (Å²) in [6, 6.07) is 7.92. The zero-order valence-electron chi connectivity index (χ0n) is 13.0. The van der Waals surface area contributed by atoms with Crippen LogP contribution in [0.25, 0.3) is 0 Å². The Labute approximate surface area is 134 Å². The number of rotatable bonds is 4. The Morgan fingerprint density at radius 2 is 2.22 bits per heavy atom. The van der Waals surface area contributed by atoms with Crippen LogP contribution in [0.3, 0.4) is 0 Å². The highest BCUT2D eigenvalue weighted by atomic mass is 16.5. The lowest BCUT2D eigenvalue weighted by atomic mass is 10.1. The number of fused-ring (bicyclic) bond motifs is 1. The second-order valence-corrected chi connectivity index (χ2v) is 5.43. The summed E-state index contributed by atoms with van der Waals surface area (Å²) in [6.45, 7) is 4.92. The molecular weight excluding hydrogens is 292 g/mol. The van der Waals surface area contributed by atoms with Gasteiger partial charge in [-0.1, -0.05) is 0 Å². The Bertz CT molecular complexity index is 826. The van der Waals surface area contributed by atoms with E-state index in [0.29, 0.717) is 13.2 Å². The summed E-state index contributed by atoms with van der Waals surface area (Å²) >= 11 is 0. The van der Waals surface area contributed by atoms with E-state index in [-0.39, 0.29) is 17.5 Å². The molecule has 1 atom stereocenters. The van der Waals surface area contributed by atoms with Gasteiger partial charge in [0.2, 0.25) is 0 Å². The summed E-state index contributed by atoms with van der Waals surface area (Å²) in [6.07, 6.45) is 2.52. The van der Waals surface area contributed by atoms with Gasteiger partial charge in [-0.15, -0.1) is 0 Å². The van der Waals surface area contributed by atoms with Crippen molar-refractivity contribution in [3.05, 3.63) is 41.0 Å². The molecule has 1 aromatic heterocycles. The van der Waals surface area contributed by atoms with E-state index >= 15 is 0 Å². The minimum atomic E-state index is 0.136. The Morgan fingerprint density at radius 3 is 2.91 bits per heavy atom. The third-order valence-corrected chi connectivity index (χ3v) is 3.77. The minimum absolute atomic E-state index is 0.136. The Balaban J connectivity index is 2.00. The normalized spacial score (nSPS) is 15.4. The van der Waals surface area contributed by atoms with E-state index in [2.05, 4.69) is 4.98 Å². The molecule has 23 heavy (non-hydrogen) atoms. The van der Waals surface area contributed by atoms with Crippen LogP contribution in [-0.2, 0) is 13.0 Å². The standard InChI is InChI=1S/C17H16N4O2/c1-3-22-16-5-12-4-11(2)23-17(12)6-13(16)9-21-10-20-14(7-18)15(21)8-19/h5-6,10-11H,3-4,9H2,1-2H3/t11-/m1/s1. The quantitative estimate of drug-likeness (QED) is 0.866.